The lowest BCUT2D eigenvalue weighted by molar-refractivity contribution is 0.218. The summed E-state index contributed by atoms with van der Waals surface area (Å²) in [5.41, 5.74) is 3.46. The van der Waals surface area contributed by atoms with Gasteiger partial charge < -0.3 is 9.84 Å². The van der Waals surface area contributed by atoms with Gasteiger partial charge in [-0.3, -0.25) is 4.98 Å². The molecule has 0 saturated carbocycles. The van der Waals surface area contributed by atoms with E-state index >= 15 is 0 Å². The van der Waals surface area contributed by atoms with Crippen molar-refractivity contribution in [3.63, 3.8) is 0 Å². The van der Waals surface area contributed by atoms with E-state index in [1.54, 1.807) is 0 Å². The van der Waals surface area contributed by atoms with Gasteiger partial charge in [-0.25, -0.2) is 0 Å². The first-order valence-corrected chi connectivity index (χ1v) is 6.46. The number of nitrogens with zero attached hydrogens (tertiary/aromatic N) is 1. The number of benzene rings is 1. The third kappa shape index (κ3) is 3.12. The van der Waals surface area contributed by atoms with Gasteiger partial charge in [0.25, 0.3) is 0 Å². The Kier molecular flexibility index (Phi) is 4.17. The van der Waals surface area contributed by atoms with Crippen LogP contribution in [-0.2, 0) is 0 Å². The molecule has 1 unspecified atom stereocenters. The number of aromatic nitrogens is 1. The molecule has 100 valence electrons. The molecule has 2 aromatic rings. The fourth-order valence-corrected chi connectivity index (χ4v) is 2.11. The average Bonchev–Trinajstić information content (AvgIpc) is 2.39. The lowest BCUT2D eigenvalue weighted by atomic mass is 10.00. The van der Waals surface area contributed by atoms with E-state index in [4.69, 9.17) is 4.74 Å². The Morgan fingerprint density at radius 2 is 2.00 bits per heavy atom. The summed E-state index contributed by atoms with van der Waals surface area (Å²) in [4.78, 5) is 4.39. The minimum atomic E-state index is -0.673. The van der Waals surface area contributed by atoms with Crippen molar-refractivity contribution < 1.29 is 9.84 Å². The summed E-state index contributed by atoms with van der Waals surface area (Å²) < 4.78 is 5.46. The van der Waals surface area contributed by atoms with Crippen molar-refractivity contribution in [2.75, 3.05) is 6.61 Å². The summed E-state index contributed by atoms with van der Waals surface area (Å²) in [5.74, 6) is 0.775. The van der Waals surface area contributed by atoms with Crippen LogP contribution in [0.25, 0.3) is 0 Å². The Morgan fingerprint density at radius 1 is 1.21 bits per heavy atom. The molecule has 0 spiro atoms. The summed E-state index contributed by atoms with van der Waals surface area (Å²) >= 11 is 0. The molecule has 1 aromatic heterocycles. The van der Waals surface area contributed by atoms with Gasteiger partial charge in [0.05, 0.1) is 6.61 Å². The third-order valence-electron chi connectivity index (χ3n) is 3.05. The molecule has 19 heavy (non-hydrogen) atoms. The second kappa shape index (κ2) is 5.85. The molecule has 3 heteroatoms. The molecule has 1 N–H and O–H groups in total. The van der Waals surface area contributed by atoms with Crippen LogP contribution in [0.3, 0.4) is 0 Å². The topological polar surface area (TPSA) is 42.4 Å². The standard InChI is InChI=1S/C16H19NO2/c1-4-19-14-7-5-6-13(10-14)16(18)15-9-8-11(2)17-12(15)3/h5-10,16,18H,4H2,1-3H3. The monoisotopic (exact) mass is 257 g/mol. The molecule has 2 rings (SSSR count). The first-order chi connectivity index (χ1) is 9.11. The highest BCUT2D eigenvalue weighted by molar-refractivity contribution is 5.37. The normalized spacial score (nSPS) is 12.2. The average molecular weight is 257 g/mol. The second-order valence-electron chi connectivity index (χ2n) is 4.54. The van der Waals surface area contributed by atoms with Crippen LogP contribution in [0.2, 0.25) is 0 Å². The summed E-state index contributed by atoms with van der Waals surface area (Å²) in [5, 5.41) is 10.5. The highest BCUT2D eigenvalue weighted by atomic mass is 16.5. The number of hydrogen-bond acceptors (Lipinski definition) is 3. The maximum Gasteiger partial charge on any atom is 0.119 e. The highest BCUT2D eigenvalue weighted by Gasteiger charge is 2.14. The maximum absolute atomic E-state index is 10.5. The number of aliphatic hydroxyl groups is 1. The molecule has 3 nitrogen and oxygen atoms in total. The van der Waals surface area contributed by atoms with Gasteiger partial charge in [-0.15, -0.1) is 0 Å². The molecule has 0 aliphatic carbocycles. The van der Waals surface area contributed by atoms with E-state index in [-0.39, 0.29) is 0 Å². The van der Waals surface area contributed by atoms with Gasteiger partial charge >= 0.3 is 0 Å². The smallest absolute Gasteiger partial charge is 0.119 e. The SMILES string of the molecule is CCOc1cccc(C(O)c2ccc(C)nc2C)c1. The van der Waals surface area contributed by atoms with E-state index in [2.05, 4.69) is 4.98 Å². The highest BCUT2D eigenvalue weighted by Crippen LogP contribution is 2.26. The Morgan fingerprint density at radius 3 is 2.68 bits per heavy atom. The minimum Gasteiger partial charge on any atom is -0.494 e. The number of hydrogen-bond donors (Lipinski definition) is 1. The maximum atomic E-state index is 10.5. The number of ether oxygens (including phenoxy) is 1. The zero-order valence-corrected chi connectivity index (χ0v) is 11.6. The van der Waals surface area contributed by atoms with Crippen LogP contribution in [0.5, 0.6) is 5.75 Å². The zero-order valence-electron chi connectivity index (χ0n) is 11.6. The summed E-state index contributed by atoms with van der Waals surface area (Å²) in [7, 11) is 0. The Hall–Kier alpha value is -1.87. The quantitative estimate of drug-likeness (QED) is 0.914. The van der Waals surface area contributed by atoms with Crippen molar-refractivity contribution in [2.24, 2.45) is 0 Å². The molecular weight excluding hydrogens is 238 g/mol. The Labute approximate surface area is 113 Å². The lowest BCUT2D eigenvalue weighted by Crippen LogP contribution is -2.04. The van der Waals surface area contributed by atoms with Crippen LogP contribution in [0, 0.1) is 13.8 Å². The van der Waals surface area contributed by atoms with Gasteiger partial charge in [0, 0.05) is 17.0 Å². The predicted molar refractivity (Wildman–Crippen MR) is 75.4 cm³/mol. The van der Waals surface area contributed by atoms with Crippen LogP contribution in [0.4, 0.5) is 0 Å². The summed E-state index contributed by atoms with van der Waals surface area (Å²) in [6.45, 7) is 6.42. The van der Waals surface area contributed by atoms with Crippen LogP contribution in [0.15, 0.2) is 36.4 Å². The predicted octanol–water partition coefficient (Wildman–Crippen LogP) is 3.18. The second-order valence-corrected chi connectivity index (χ2v) is 4.54. The fourth-order valence-electron chi connectivity index (χ4n) is 2.11. The van der Waals surface area contributed by atoms with E-state index < -0.39 is 6.10 Å². The molecule has 0 amide bonds. The van der Waals surface area contributed by atoms with E-state index in [0.717, 1.165) is 28.3 Å². The van der Waals surface area contributed by atoms with Gasteiger partial charge in [0.1, 0.15) is 11.9 Å². The Balaban J connectivity index is 2.32. The molecule has 0 fully saturated rings. The molecule has 1 atom stereocenters. The van der Waals surface area contributed by atoms with Crippen LogP contribution < -0.4 is 4.74 Å². The number of rotatable bonds is 4. The largest absolute Gasteiger partial charge is 0.494 e. The minimum absolute atomic E-state index is 0.616. The van der Waals surface area contributed by atoms with E-state index in [1.165, 1.54) is 0 Å². The molecule has 1 aromatic carbocycles. The summed E-state index contributed by atoms with van der Waals surface area (Å²) in [6, 6.07) is 11.4. The molecule has 0 aliphatic rings. The first-order valence-electron chi connectivity index (χ1n) is 6.46. The molecule has 0 bridgehead atoms. The van der Waals surface area contributed by atoms with E-state index in [9.17, 15) is 5.11 Å². The third-order valence-corrected chi connectivity index (χ3v) is 3.05. The molecule has 1 heterocycles. The number of aliphatic hydroxyl groups excluding tert-OH is 1. The number of aryl methyl sites for hydroxylation is 2. The molecule has 0 radical (unpaired) electrons. The van der Waals surface area contributed by atoms with Gasteiger partial charge in [-0.05, 0) is 44.5 Å². The number of pyridine rings is 1. The van der Waals surface area contributed by atoms with E-state index in [0.29, 0.717) is 6.61 Å². The van der Waals surface area contributed by atoms with Crippen LogP contribution >= 0.6 is 0 Å². The fraction of sp³-hybridized carbons (Fsp3) is 0.312. The van der Waals surface area contributed by atoms with Crippen molar-refractivity contribution in [1.29, 1.82) is 0 Å². The van der Waals surface area contributed by atoms with Crippen molar-refractivity contribution in [1.82, 2.24) is 4.98 Å². The van der Waals surface area contributed by atoms with Gasteiger partial charge in [-0.2, -0.15) is 0 Å². The zero-order chi connectivity index (χ0) is 13.8. The van der Waals surface area contributed by atoms with Crippen molar-refractivity contribution in [2.45, 2.75) is 26.9 Å². The lowest BCUT2D eigenvalue weighted by Gasteiger charge is -2.15. The van der Waals surface area contributed by atoms with Crippen LogP contribution in [-0.4, -0.2) is 16.7 Å². The van der Waals surface area contributed by atoms with Gasteiger partial charge in [0.2, 0.25) is 0 Å². The summed E-state index contributed by atoms with van der Waals surface area (Å²) in [6.07, 6.45) is -0.673. The van der Waals surface area contributed by atoms with Crippen LogP contribution in [0.1, 0.15) is 35.5 Å². The van der Waals surface area contributed by atoms with Crippen molar-refractivity contribution >= 4 is 0 Å². The first kappa shape index (κ1) is 13.6. The van der Waals surface area contributed by atoms with Crippen molar-refractivity contribution in [3.05, 3.63) is 58.9 Å². The molecular formula is C16H19NO2. The molecule has 0 saturated heterocycles. The van der Waals surface area contributed by atoms with E-state index in [1.807, 2.05) is 57.2 Å². The van der Waals surface area contributed by atoms with Crippen molar-refractivity contribution in [3.8, 4) is 5.75 Å². The molecule has 0 aliphatic heterocycles. The Bertz CT molecular complexity index is 566. The van der Waals surface area contributed by atoms with Gasteiger partial charge in [0.15, 0.2) is 0 Å². The van der Waals surface area contributed by atoms with Gasteiger partial charge in [-0.1, -0.05) is 18.2 Å².